The van der Waals surface area contributed by atoms with Crippen molar-refractivity contribution in [1.29, 1.82) is 0 Å². The first kappa shape index (κ1) is 22.4. The zero-order chi connectivity index (χ0) is 22.5. The topological polar surface area (TPSA) is 95.4 Å². The molecule has 1 saturated heterocycles. The smallest absolute Gasteiger partial charge is 0.227 e. The standard InChI is InChI=1S/C21H24Cl2N6O3/c1-30-17-7-18(31-2)20(23)16(19(17)22)12-32-15-9-25-21(26-10-15)28-13-8-27-29(11-13)14-3-5-24-6-4-14/h7-11,14,24H,3-6,12H2,1-2H3,(H,25,26,28). The highest BCUT2D eigenvalue weighted by atomic mass is 35.5. The largest absolute Gasteiger partial charge is 0.495 e. The number of hydrogen-bond acceptors (Lipinski definition) is 8. The summed E-state index contributed by atoms with van der Waals surface area (Å²) in [5, 5.41) is 11.7. The SMILES string of the molecule is COc1cc(OC)c(Cl)c(COc2cnc(Nc3cnn(C4CCNCC4)c3)nc2)c1Cl. The zero-order valence-corrected chi connectivity index (χ0v) is 19.3. The maximum atomic E-state index is 6.39. The lowest BCUT2D eigenvalue weighted by molar-refractivity contribution is 0.301. The zero-order valence-electron chi connectivity index (χ0n) is 17.8. The molecule has 0 bridgehead atoms. The van der Waals surface area contributed by atoms with E-state index in [1.165, 1.54) is 14.2 Å². The maximum absolute atomic E-state index is 6.39. The summed E-state index contributed by atoms with van der Waals surface area (Å²) in [5.41, 5.74) is 1.39. The van der Waals surface area contributed by atoms with E-state index in [0.717, 1.165) is 31.6 Å². The molecule has 170 valence electrons. The minimum Gasteiger partial charge on any atom is -0.495 e. The summed E-state index contributed by atoms with van der Waals surface area (Å²) in [6.07, 6.45) is 9.03. The summed E-state index contributed by atoms with van der Waals surface area (Å²) in [5.74, 6) is 1.82. The fourth-order valence-electron chi connectivity index (χ4n) is 3.48. The van der Waals surface area contributed by atoms with Crippen LogP contribution in [0.25, 0.3) is 0 Å². The molecule has 1 aromatic carbocycles. The maximum Gasteiger partial charge on any atom is 0.227 e. The molecule has 9 nitrogen and oxygen atoms in total. The van der Waals surface area contributed by atoms with Gasteiger partial charge >= 0.3 is 0 Å². The number of halogens is 2. The molecule has 4 rings (SSSR count). The molecule has 0 radical (unpaired) electrons. The fourth-order valence-corrected chi connectivity index (χ4v) is 4.09. The third kappa shape index (κ3) is 5.01. The Hall–Kier alpha value is -2.75. The third-order valence-corrected chi connectivity index (χ3v) is 6.05. The lowest BCUT2D eigenvalue weighted by Crippen LogP contribution is -2.29. The van der Waals surface area contributed by atoms with E-state index >= 15 is 0 Å². The van der Waals surface area contributed by atoms with Gasteiger partial charge in [0.2, 0.25) is 5.95 Å². The van der Waals surface area contributed by atoms with Gasteiger partial charge in [-0.25, -0.2) is 9.97 Å². The summed E-state index contributed by atoms with van der Waals surface area (Å²) >= 11 is 12.8. The Balaban J connectivity index is 1.39. The second kappa shape index (κ2) is 10.2. The minimum atomic E-state index is 0.102. The molecule has 0 aliphatic carbocycles. The van der Waals surface area contributed by atoms with Crippen LogP contribution in [0.2, 0.25) is 10.0 Å². The predicted molar refractivity (Wildman–Crippen MR) is 123 cm³/mol. The molecule has 0 amide bonds. The van der Waals surface area contributed by atoms with Crippen LogP contribution in [0.1, 0.15) is 24.4 Å². The Morgan fingerprint density at radius 3 is 2.34 bits per heavy atom. The Kier molecular flexibility index (Phi) is 7.19. The Bertz CT molecular complexity index is 1030. The molecule has 0 spiro atoms. The molecular weight excluding hydrogens is 455 g/mol. The van der Waals surface area contributed by atoms with Crippen LogP contribution in [0.3, 0.4) is 0 Å². The van der Waals surface area contributed by atoms with E-state index < -0.39 is 0 Å². The van der Waals surface area contributed by atoms with E-state index in [-0.39, 0.29) is 6.61 Å². The van der Waals surface area contributed by atoms with Crippen LogP contribution in [0.15, 0.2) is 30.9 Å². The van der Waals surface area contributed by atoms with Crippen molar-refractivity contribution in [2.24, 2.45) is 0 Å². The van der Waals surface area contributed by atoms with Gasteiger partial charge in [0.1, 0.15) is 18.1 Å². The normalized spacial score (nSPS) is 14.2. The molecule has 1 aliphatic rings. The Labute approximate surface area is 196 Å². The van der Waals surface area contributed by atoms with Crippen molar-refractivity contribution in [1.82, 2.24) is 25.1 Å². The van der Waals surface area contributed by atoms with E-state index in [1.807, 2.05) is 10.9 Å². The van der Waals surface area contributed by atoms with E-state index in [2.05, 4.69) is 25.7 Å². The third-order valence-electron chi connectivity index (χ3n) is 5.22. The van der Waals surface area contributed by atoms with Gasteiger partial charge in [0, 0.05) is 17.8 Å². The van der Waals surface area contributed by atoms with Crippen LogP contribution >= 0.6 is 23.2 Å². The quantitative estimate of drug-likeness (QED) is 0.496. The Morgan fingerprint density at radius 1 is 1.06 bits per heavy atom. The molecule has 3 heterocycles. The average molecular weight is 479 g/mol. The highest BCUT2D eigenvalue weighted by Crippen LogP contribution is 2.40. The van der Waals surface area contributed by atoms with Crippen molar-refractivity contribution in [2.45, 2.75) is 25.5 Å². The molecule has 0 atom stereocenters. The number of ether oxygens (including phenoxy) is 3. The molecule has 32 heavy (non-hydrogen) atoms. The first-order chi connectivity index (χ1) is 15.6. The van der Waals surface area contributed by atoms with Crippen molar-refractivity contribution < 1.29 is 14.2 Å². The minimum absolute atomic E-state index is 0.102. The predicted octanol–water partition coefficient (Wildman–Crippen LogP) is 4.24. The second-order valence-corrected chi connectivity index (χ2v) is 7.99. The monoisotopic (exact) mass is 478 g/mol. The van der Waals surface area contributed by atoms with Gasteiger partial charge in [0.05, 0.1) is 54.6 Å². The Morgan fingerprint density at radius 2 is 1.72 bits per heavy atom. The number of methoxy groups -OCH3 is 2. The number of nitrogens with zero attached hydrogens (tertiary/aromatic N) is 4. The van der Waals surface area contributed by atoms with Gasteiger partial charge in [-0.1, -0.05) is 23.2 Å². The van der Waals surface area contributed by atoms with Crippen LogP contribution in [0, 0.1) is 0 Å². The molecule has 1 aliphatic heterocycles. The van der Waals surface area contributed by atoms with Crippen molar-refractivity contribution in [3.05, 3.63) is 46.5 Å². The first-order valence-corrected chi connectivity index (χ1v) is 10.9. The van der Waals surface area contributed by atoms with Crippen LogP contribution in [0.5, 0.6) is 17.2 Å². The number of hydrogen-bond donors (Lipinski definition) is 2. The number of piperidine rings is 1. The first-order valence-electron chi connectivity index (χ1n) is 10.1. The van der Waals surface area contributed by atoms with Gasteiger partial charge in [-0.3, -0.25) is 4.68 Å². The number of benzene rings is 1. The summed E-state index contributed by atoms with van der Waals surface area (Å²) in [6, 6.07) is 2.04. The van der Waals surface area contributed by atoms with Crippen LogP contribution in [-0.4, -0.2) is 47.1 Å². The molecule has 1 fully saturated rings. The summed E-state index contributed by atoms with van der Waals surface area (Å²) in [6.45, 7) is 2.12. The van der Waals surface area contributed by atoms with Crippen molar-refractivity contribution in [2.75, 3.05) is 32.6 Å². The van der Waals surface area contributed by atoms with Crippen molar-refractivity contribution in [3.63, 3.8) is 0 Å². The van der Waals surface area contributed by atoms with Crippen LogP contribution in [-0.2, 0) is 6.61 Å². The van der Waals surface area contributed by atoms with Gasteiger partial charge in [-0.05, 0) is 25.9 Å². The summed E-state index contributed by atoms with van der Waals surface area (Å²) < 4.78 is 18.3. The molecular formula is C21H24Cl2N6O3. The number of aromatic nitrogens is 4. The van der Waals surface area contributed by atoms with Gasteiger partial charge < -0.3 is 24.8 Å². The summed E-state index contributed by atoms with van der Waals surface area (Å²) in [7, 11) is 3.05. The molecule has 11 heteroatoms. The van der Waals surface area contributed by atoms with Gasteiger partial charge in [0.25, 0.3) is 0 Å². The van der Waals surface area contributed by atoms with E-state index in [0.29, 0.717) is 44.8 Å². The van der Waals surface area contributed by atoms with Crippen LogP contribution < -0.4 is 24.8 Å². The van der Waals surface area contributed by atoms with Crippen LogP contribution in [0.4, 0.5) is 11.6 Å². The number of nitrogens with one attached hydrogen (secondary N) is 2. The van der Waals surface area contributed by atoms with E-state index in [1.54, 1.807) is 24.7 Å². The number of anilines is 2. The van der Waals surface area contributed by atoms with Crippen molar-refractivity contribution in [3.8, 4) is 17.2 Å². The summed E-state index contributed by atoms with van der Waals surface area (Å²) in [4.78, 5) is 8.62. The lowest BCUT2D eigenvalue weighted by atomic mass is 10.1. The number of rotatable bonds is 8. The highest BCUT2D eigenvalue weighted by Gasteiger charge is 2.18. The molecule has 2 aromatic heterocycles. The molecule has 2 N–H and O–H groups in total. The molecule has 0 unspecified atom stereocenters. The fraction of sp³-hybridized carbons (Fsp3) is 0.381. The lowest BCUT2D eigenvalue weighted by Gasteiger charge is -2.22. The van der Waals surface area contributed by atoms with E-state index in [4.69, 9.17) is 37.4 Å². The van der Waals surface area contributed by atoms with Gasteiger partial charge in [-0.2, -0.15) is 5.10 Å². The van der Waals surface area contributed by atoms with E-state index in [9.17, 15) is 0 Å². The van der Waals surface area contributed by atoms with Gasteiger partial charge in [0.15, 0.2) is 5.75 Å². The molecule has 0 saturated carbocycles. The molecule has 3 aromatic rings. The average Bonchev–Trinajstić information content (AvgIpc) is 3.29. The van der Waals surface area contributed by atoms with Gasteiger partial charge in [-0.15, -0.1) is 0 Å². The second-order valence-electron chi connectivity index (χ2n) is 7.23. The highest BCUT2D eigenvalue weighted by molar-refractivity contribution is 6.37. The van der Waals surface area contributed by atoms with Crippen molar-refractivity contribution >= 4 is 34.8 Å².